The van der Waals surface area contributed by atoms with E-state index in [-0.39, 0.29) is 29.8 Å². The Bertz CT molecular complexity index is 1670. The van der Waals surface area contributed by atoms with E-state index < -0.39 is 47.3 Å². The van der Waals surface area contributed by atoms with E-state index in [0.717, 1.165) is 5.39 Å². The first-order valence-corrected chi connectivity index (χ1v) is 15.7. The van der Waals surface area contributed by atoms with Gasteiger partial charge in [0.2, 0.25) is 5.78 Å². The van der Waals surface area contributed by atoms with Crippen LogP contribution in [0.4, 0.5) is 22.0 Å². The Balaban J connectivity index is 0.000000671. The number of halogens is 6. The number of hydrogen-bond donors (Lipinski definition) is 3. The third-order valence-electron chi connectivity index (χ3n) is 8.03. The van der Waals surface area contributed by atoms with Crippen molar-refractivity contribution < 1.29 is 51.0 Å². The van der Waals surface area contributed by atoms with E-state index >= 15 is 8.78 Å². The molecule has 2 amide bonds. The summed E-state index contributed by atoms with van der Waals surface area (Å²) < 4.78 is 70.1. The predicted molar refractivity (Wildman–Crippen MR) is 169 cm³/mol. The highest BCUT2D eigenvalue weighted by Gasteiger charge is 2.53. The number of ether oxygens (including phenoxy) is 1. The number of amides is 2. The number of benzene rings is 3. The standard InChI is InChI=1S/C31H32BrF2N3O4.C2HF3O2/c1-17(2)41-26-12-5-18-13-20(4-3-19(18)14-26)27(38)29(39)36-28(31(33,34)21-6-8-22(32)9-7-21)30(40)37-24-10-11-25(37)16-23(35)15-24;3-2(4,5)1(6)7/h3-9,12-14,17,23-25,28H,10-11,15-16,35H2,1-2H3,(H,36,39);(H,6,7)/t23?,24?,25?,28-;/m0./s1. The van der Waals surface area contributed by atoms with Crippen molar-refractivity contribution >= 4 is 50.3 Å². The fourth-order valence-electron chi connectivity index (χ4n) is 5.91. The fraction of sp³-hybridized carbons (Fsp3) is 0.394. The molecule has 2 bridgehead atoms. The topological polar surface area (TPSA) is 139 Å². The lowest BCUT2D eigenvalue weighted by atomic mass is 9.94. The number of rotatable bonds is 8. The quantitative estimate of drug-likeness (QED) is 0.147. The highest BCUT2D eigenvalue weighted by atomic mass is 79.9. The van der Waals surface area contributed by atoms with Gasteiger partial charge in [0.25, 0.3) is 11.8 Å². The minimum atomic E-state index is -5.08. The first kappa shape index (κ1) is 36.7. The molecule has 2 aliphatic rings. The molecule has 4 N–H and O–H groups in total. The SMILES string of the molecule is CC(C)Oc1ccc2cc(C(=O)C(=O)N[C@@H](C(=O)N3C4CCC3CC(N)C4)C(F)(F)c3ccc(Br)cc3)ccc2c1.O=C(O)C(F)(F)F. The van der Waals surface area contributed by atoms with Gasteiger partial charge in [-0.25, -0.2) is 4.79 Å². The number of hydrogen-bond acceptors (Lipinski definition) is 6. The zero-order chi connectivity index (χ0) is 35.6. The summed E-state index contributed by atoms with van der Waals surface area (Å²) in [6.45, 7) is 3.82. The number of nitrogens with one attached hydrogen (secondary N) is 1. The molecule has 5 rings (SSSR count). The molecule has 2 unspecified atom stereocenters. The van der Waals surface area contributed by atoms with E-state index in [1.165, 1.54) is 41.3 Å². The molecule has 48 heavy (non-hydrogen) atoms. The number of carboxylic acid groups (broad SMARTS) is 1. The molecule has 3 atom stereocenters. The summed E-state index contributed by atoms with van der Waals surface area (Å²) in [5.74, 6) is -9.08. The average Bonchev–Trinajstić information content (AvgIpc) is 3.28. The summed E-state index contributed by atoms with van der Waals surface area (Å²) in [6, 6.07) is 12.3. The maximum atomic E-state index is 16.0. The van der Waals surface area contributed by atoms with Crippen LogP contribution in [0.3, 0.4) is 0 Å². The highest BCUT2D eigenvalue weighted by Crippen LogP contribution is 2.39. The van der Waals surface area contributed by atoms with Gasteiger partial charge in [0.05, 0.1) is 6.10 Å². The van der Waals surface area contributed by atoms with Crippen LogP contribution >= 0.6 is 15.9 Å². The number of nitrogens with zero attached hydrogens (tertiary/aromatic N) is 1. The van der Waals surface area contributed by atoms with Gasteiger partial charge < -0.3 is 25.8 Å². The first-order chi connectivity index (χ1) is 22.4. The summed E-state index contributed by atoms with van der Waals surface area (Å²) in [7, 11) is 0. The molecule has 3 aromatic carbocycles. The van der Waals surface area contributed by atoms with E-state index in [2.05, 4.69) is 21.2 Å². The molecule has 0 saturated carbocycles. The Labute approximate surface area is 280 Å². The van der Waals surface area contributed by atoms with Crippen LogP contribution in [0.1, 0.15) is 55.5 Å². The Kier molecular flexibility index (Phi) is 11.1. The smallest absolute Gasteiger partial charge is 0.490 e. The van der Waals surface area contributed by atoms with Crippen molar-refractivity contribution in [2.45, 2.75) is 81.9 Å². The van der Waals surface area contributed by atoms with E-state index in [1.54, 1.807) is 18.2 Å². The molecule has 0 spiro atoms. The largest absolute Gasteiger partial charge is 0.491 e. The molecule has 2 saturated heterocycles. The lowest BCUT2D eigenvalue weighted by Gasteiger charge is -2.41. The van der Waals surface area contributed by atoms with Crippen LogP contribution < -0.4 is 15.8 Å². The molecule has 2 aliphatic heterocycles. The van der Waals surface area contributed by atoms with Gasteiger partial charge in [0.1, 0.15) is 5.75 Å². The number of carboxylic acids is 1. The Hall–Kier alpha value is -4.11. The van der Waals surface area contributed by atoms with Crippen molar-refractivity contribution in [3.05, 3.63) is 76.3 Å². The molecular formula is C33H33BrF5N3O6. The summed E-state index contributed by atoms with van der Waals surface area (Å²) in [4.78, 5) is 50.5. The third-order valence-corrected chi connectivity index (χ3v) is 8.56. The zero-order valence-corrected chi connectivity index (χ0v) is 27.4. The van der Waals surface area contributed by atoms with Crippen molar-refractivity contribution in [2.75, 3.05) is 0 Å². The second kappa shape index (κ2) is 14.6. The van der Waals surface area contributed by atoms with Gasteiger partial charge in [0.15, 0.2) is 6.04 Å². The minimum Gasteiger partial charge on any atom is -0.491 e. The van der Waals surface area contributed by atoms with Crippen LogP contribution in [0.5, 0.6) is 5.75 Å². The number of aliphatic carboxylic acids is 1. The lowest BCUT2D eigenvalue weighted by molar-refractivity contribution is -0.192. The molecular weight excluding hydrogens is 709 g/mol. The second-order valence-electron chi connectivity index (χ2n) is 11.9. The van der Waals surface area contributed by atoms with Crippen LogP contribution in [0.25, 0.3) is 10.8 Å². The van der Waals surface area contributed by atoms with Crippen molar-refractivity contribution in [1.29, 1.82) is 0 Å². The van der Waals surface area contributed by atoms with Crippen LogP contribution in [0, 0.1) is 0 Å². The normalized spacial score (nSPS) is 19.7. The molecule has 3 aromatic rings. The van der Waals surface area contributed by atoms with Gasteiger partial charge in [-0.05, 0) is 80.6 Å². The number of ketones is 1. The summed E-state index contributed by atoms with van der Waals surface area (Å²) in [5.41, 5.74) is 5.70. The second-order valence-corrected chi connectivity index (χ2v) is 12.8. The molecule has 15 heteroatoms. The van der Waals surface area contributed by atoms with Gasteiger partial charge in [0, 0.05) is 33.7 Å². The Morgan fingerprint density at radius 1 is 0.917 bits per heavy atom. The van der Waals surface area contributed by atoms with Gasteiger partial charge in [-0.1, -0.05) is 46.3 Å². The van der Waals surface area contributed by atoms with E-state index in [1.807, 2.05) is 19.9 Å². The molecule has 0 radical (unpaired) electrons. The molecule has 0 aromatic heterocycles. The average molecular weight is 743 g/mol. The number of carbonyl (C=O) groups excluding carboxylic acids is 3. The molecule has 2 heterocycles. The van der Waals surface area contributed by atoms with E-state index in [9.17, 15) is 27.6 Å². The van der Waals surface area contributed by atoms with Crippen molar-refractivity contribution in [3.8, 4) is 5.75 Å². The Morgan fingerprint density at radius 3 is 2.00 bits per heavy atom. The van der Waals surface area contributed by atoms with Gasteiger partial charge in [-0.2, -0.15) is 22.0 Å². The van der Waals surface area contributed by atoms with Gasteiger partial charge >= 0.3 is 18.1 Å². The van der Waals surface area contributed by atoms with Crippen molar-refractivity contribution in [2.24, 2.45) is 5.73 Å². The molecule has 258 valence electrons. The van der Waals surface area contributed by atoms with E-state index in [4.69, 9.17) is 20.4 Å². The lowest BCUT2D eigenvalue weighted by Crippen LogP contribution is -2.61. The summed E-state index contributed by atoms with van der Waals surface area (Å²) >= 11 is 3.23. The highest BCUT2D eigenvalue weighted by molar-refractivity contribution is 9.10. The number of carbonyl (C=O) groups is 4. The Morgan fingerprint density at radius 2 is 1.46 bits per heavy atom. The molecule has 2 fully saturated rings. The number of alkyl halides is 5. The maximum absolute atomic E-state index is 16.0. The van der Waals surface area contributed by atoms with Gasteiger partial charge in [-0.3, -0.25) is 14.4 Å². The van der Waals surface area contributed by atoms with Gasteiger partial charge in [-0.15, -0.1) is 0 Å². The minimum absolute atomic E-state index is 0.0138. The number of nitrogens with two attached hydrogens (primary N) is 1. The molecule has 9 nitrogen and oxygen atoms in total. The third kappa shape index (κ3) is 8.48. The summed E-state index contributed by atoms with van der Waals surface area (Å²) in [5, 5.41) is 10.7. The predicted octanol–water partition coefficient (Wildman–Crippen LogP) is 5.96. The fourth-order valence-corrected chi connectivity index (χ4v) is 6.18. The molecule has 0 aliphatic carbocycles. The number of Topliss-reactive ketones (excluding diaryl/α,β-unsaturated/α-hetero) is 1. The number of piperidine rings is 1. The van der Waals surface area contributed by atoms with Crippen LogP contribution in [0.15, 0.2) is 65.1 Å². The maximum Gasteiger partial charge on any atom is 0.490 e. The zero-order valence-electron chi connectivity index (χ0n) is 25.8. The van der Waals surface area contributed by atoms with Crippen LogP contribution in [-0.4, -0.2) is 70.0 Å². The van der Waals surface area contributed by atoms with Crippen LogP contribution in [0.2, 0.25) is 0 Å². The van der Waals surface area contributed by atoms with E-state index in [0.29, 0.717) is 41.3 Å². The number of fused-ring (bicyclic) bond motifs is 3. The van der Waals surface area contributed by atoms with Crippen molar-refractivity contribution in [3.63, 3.8) is 0 Å². The monoisotopic (exact) mass is 741 g/mol. The first-order valence-electron chi connectivity index (χ1n) is 15.0. The summed E-state index contributed by atoms with van der Waals surface area (Å²) in [6.07, 6.45) is -2.76. The van der Waals surface area contributed by atoms with Crippen LogP contribution in [-0.2, 0) is 20.3 Å². The van der Waals surface area contributed by atoms with Crippen molar-refractivity contribution in [1.82, 2.24) is 10.2 Å².